The van der Waals surface area contributed by atoms with Crippen LogP contribution in [0.3, 0.4) is 0 Å². The highest BCUT2D eigenvalue weighted by molar-refractivity contribution is 5.67. The van der Waals surface area contributed by atoms with Crippen LogP contribution in [0.4, 0.5) is 0 Å². The lowest BCUT2D eigenvalue weighted by Crippen LogP contribution is -2.25. The van der Waals surface area contributed by atoms with E-state index in [0.717, 1.165) is 0 Å². The van der Waals surface area contributed by atoms with Gasteiger partial charge in [0.25, 0.3) is 0 Å². The smallest absolute Gasteiger partial charge is 0.305 e. The van der Waals surface area contributed by atoms with Crippen molar-refractivity contribution in [3.8, 4) is 0 Å². The number of carboxylic acid groups (broad SMARTS) is 3. The standard InChI is InChI=1S/C14H22O9/c15-11(16)1-4-21-8-14(9-22-5-2-12(17)18)7-10(14)23-6-3-13(19)20/h10H,1-9H2,(H,15,16)(H,17,18)(H,19,20). The van der Waals surface area contributed by atoms with Crippen LogP contribution in [0.25, 0.3) is 0 Å². The fourth-order valence-electron chi connectivity index (χ4n) is 2.05. The molecule has 23 heavy (non-hydrogen) atoms. The molecule has 132 valence electrons. The highest BCUT2D eigenvalue weighted by Gasteiger charge is 2.55. The fourth-order valence-corrected chi connectivity index (χ4v) is 2.05. The number of carbonyl (C=O) groups is 3. The molecular weight excluding hydrogens is 312 g/mol. The predicted molar refractivity (Wildman–Crippen MR) is 75.2 cm³/mol. The summed E-state index contributed by atoms with van der Waals surface area (Å²) < 4.78 is 16.1. The van der Waals surface area contributed by atoms with E-state index in [2.05, 4.69) is 0 Å². The summed E-state index contributed by atoms with van der Waals surface area (Å²) in [5.74, 6) is -2.87. The molecule has 0 heterocycles. The zero-order valence-corrected chi connectivity index (χ0v) is 12.7. The van der Waals surface area contributed by atoms with E-state index in [1.54, 1.807) is 0 Å². The molecule has 0 aromatic carbocycles. The summed E-state index contributed by atoms with van der Waals surface area (Å²) in [6.45, 7) is 0.657. The first kappa shape index (κ1) is 19.3. The molecule has 0 bridgehead atoms. The number of rotatable bonds is 14. The van der Waals surface area contributed by atoms with Gasteiger partial charge in [0.1, 0.15) is 0 Å². The molecule has 0 spiro atoms. The van der Waals surface area contributed by atoms with Crippen LogP contribution in [0.5, 0.6) is 0 Å². The first-order valence-electron chi connectivity index (χ1n) is 7.28. The van der Waals surface area contributed by atoms with E-state index in [0.29, 0.717) is 6.42 Å². The molecule has 0 radical (unpaired) electrons. The average Bonchev–Trinajstić information content (AvgIpc) is 3.13. The summed E-state index contributed by atoms with van der Waals surface area (Å²) >= 11 is 0. The van der Waals surface area contributed by atoms with Crippen molar-refractivity contribution in [1.82, 2.24) is 0 Å². The van der Waals surface area contributed by atoms with Gasteiger partial charge in [-0.15, -0.1) is 0 Å². The van der Waals surface area contributed by atoms with Crippen LogP contribution in [-0.2, 0) is 28.6 Å². The third-order valence-corrected chi connectivity index (χ3v) is 3.45. The summed E-state index contributed by atoms with van der Waals surface area (Å²) in [6.07, 6.45) is 0.0524. The summed E-state index contributed by atoms with van der Waals surface area (Å²) in [6, 6.07) is 0. The topological polar surface area (TPSA) is 140 Å². The normalized spacial score (nSPS) is 18.5. The molecule has 1 saturated carbocycles. The number of aliphatic carboxylic acids is 3. The van der Waals surface area contributed by atoms with Crippen molar-refractivity contribution in [3.05, 3.63) is 0 Å². The fraction of sp³-hybridized carbons (Fsp3) is 0.786. The zero-order chi connectivity index (χ0) is 17.3. The second kappa shape index (κ2) is 9.43. The number of hydrogen-bond acceptors (Lipinski definition) is 6. The maximum absolute atomic E-state index is 10.5. The highest BCUT2D eigenvalue weighted by Crippen LogP contribution is 2.49. The minimum atomic E-state index is -0.957. The van der Waals surface area contributed by atoms with Crippen LogP contribution < -0.4 is 0 Å². The monoisotopic (exact) mass is 334 g/mol. The van der Waals surface area contributed by atoms with Gasteiger partial charge in [0, 0.05) is 5.41 Å². The van der Waals surface area contributed by atoms with Crippen molar-refractivity contribution in [3.63, 3.8) is 0 Å². The molecular formula is C14H22O9. The van der Waals surface area contributed by atoms with Gasteiger partial charge in [-0.3, -0.25) is 14.4 Å². The maximum Gasteiger partial charge on any atom is 0.305 e. The van der Waals surface area contributed by atoms with E-state index >= 15 is 0 Å². The van der Waals surface area contributed by atoms with E-state index in [4.69, 9.17) is 29.5 Å². The lowest BCUT2D eigenvalue weighted by atomic mass is 10.1. The Morgan fingerprint density at radius 3 is 1.70 bits per heavy atom. The minimum Gasteiger partial charge on any atom is -0.481 e. The van der Waals surface area contributed by atoms with E-state index in [1.165, 1.54) is 0 Å². The average molecular weight is 334 g/mol. The molecule has 1 atom stereocenters. The molecule has 9 heteroatoms. The Balaban J connectivity index is 2.34. The van der Waals surface area contributed by atoms with Crippen molar-refractivity contribution in [1.29, 1.82) is 0 Å². The van der Waals surface area contributed by atoms with Gasteiger partial charge in [0.15, 0.2) is 0 Å². The Kier molecular flexibility index (Phi) is 7.93. The Morgan fingerprint density at radius 2 is 1.26 bits per heavy atom. The van der Waals surface area contributed by atoms with Gasteiger partial charge in [0.05, 0.1) is 58.4 Å². The second-order valence-electron chi connectivity index (χ2n) is 5.46. The highest BCUT2D eigenvalue weighted by atomic mass is 16.5. The van der Waals surface area contributed by atoms with Gasteiger partial charge < -0.3 is 29.5 Å². The first-order chi connectivity index (χ1) is 10.9. The summed E-state index contributed by atoms with van der Waals surface area (Å²) in [7, 11) is 0. The van der Waals surface area contributed by atoms with Crippen LogP contribution in [0, 0.1) is 5.41 Å². The summed E-state index contributed by atoms with van der Waals surface area (Å²) in [5.41, 5.74) is -0.463. The molecule has 0 amide bonds. The Hall–Kier alpha value is -1.71. The summed E-state index contributed by atoms with van der Waals surface area (Å²) in [4.78, 5) is 31.4. The Morgan fingerprint density at radius 1 is 0.826 bits per heavy atom. The Bertz CT molecular complexity index is 398. The lowest BCUT2D eigenvalue weighted by molar-refractivity contribution is -0.139. The molecule has 0 aliphatic heterocycles. The third-order valence-electron chi connectivity index (χ3n) is 3.45. The molecule has 0 aromatic rings. The van der Waals surface area contributed by atoms with Gasteiger partial charge >= 0.3 is 17.9 Å². The van der Waals surface area contributed by atoms with E-state index < -0.39 is 23.3 Å². The second-order valence-corrected chi connectivity index (χ2v) is 5.46. The molecule has 1 unspecified atom stereocenters. The van der Waals surface area contributed by atoms with Crippen molar-refractivity contribution in [2.75, 3.05) is 33.0 Å². The molecule has 0 saturated heterocycles. The van der Waals surface area contributed by atoms with Gasteiger partial charge in [0.2, 0.25) is 0 Å². The van der Waals surface area contributed by atoms with E-state index in [1.807, 2.05) is 0 Å². The van der Waals surface area contributed by atoms with Crippen LogP contribution in [0.15, 0.2) is 0 Å². The van der Waals surface area contributed by atoms with Crippen LogP contribution in [0.2, 0.25) is 0 Å². The summed E-state index contributed by atoms with van der Waals surface area (Å²) in [5, 5.41) is 25.7. The number of carboxylic acids is 3. The first-order valence-corrected chi connectivity index (χ1v) is 7.28. The molecule has 3 N–H and O–H groups in total. The predicted octanol–water partition coefficient (Wildman–Crippen LogP) is 0.219. The quantitative estimate of drug-likeness (QED) is 0.380. The van der Waals surface area contributed by atoms with E-state index in [9.17, 15) is 14.4 Å². The van der Waals surface area contributed by atoms with Crippen molar-refractivity contribution < 1.29 is 43.9 Å². The Labute approximate surface area is 133 Å². The van der Waals surface area contributed by atoms with Crippen LogP contribution in [0.1, 0.15) is 25.7 Å². The van der Waals surface area contributed by atoms with Crippen LogP contribution >= 0.6 is 0 Å². The molecule has 1 fully saturated rings. The van der Waals surface area contributed by atoms with E-state index in [-0.39, 0.29) is 58.4 Å². The SMILES string of the molecule is O=C(O)CCOCC1(COCCC(=O)O)CC1OCCC(=O)O. The molecule has 1 rings (SSSR count). The van der Waals surface area contributed by atoms with Crippen molar-refractivity contribution >= 4 is 17.9 Å². The maximum atomic E-state index is 10.5. The zero-order valence-electron chi connectivity index (χ0n) is 12.7. The third kappa shape index (κ3) is 7.91. The molecule has 0 aromatic heterocycles. The number of ether oxygens (including phenoxy) is 3. The molecule has 1 aliphatic carbocycles. The van der Waals surface area contributed by atoms with Gasteiger partial charge in [-0.05, 0) is 6.42 Å². The molecule has 9 nitrogen and oxygen atoms in total. The minimum absolute atomic E-state index is 0.0635. The largest absolute Gasteiger partial charge is 0.481 e. The lowest BCUT2D eigenvalue weighted by Gasteiger charge is -2.17. The number of hydrogen-bond donors (Lipinski definition) is 3. The van der Waals surface area contributed by atoms with Crippen molar-refractivity contribution in [2.24, 2.45) is 5.41 Å². The van der Waals surface area contributed by atoms with Crippen molar-refractivity contribution in [2.45, 2.75) is 31.8 Å². The van der Waals surface area contributed by atoms with Gasteiger partial charge in [-0.25, -0.2) is 0 Å². The van der Waals surface area contributed by atoms with Crippen LogP contribution in [-0.4, -0.2) is 72.4 Å². The van der Waals surface area contributed by atoms with Gasteiger partial charge in [-0.1, -0.05) is 0 Å². The van der Waals surface area contributed by atoms with Gasteiger partial charge in [-0.2, -0.15) is 0 Å². The molecule has 1 aliphatic rings.